The van der Waals surface area contributed by atoms with Crippen LogP contribution in [0.15, 0.2) is 24.3 Å². The normalized spacial score (nSPS) is 17.4. The minimum absolute atomic E-state index is 0.0178. The summed E-state index contributed by atoms with van der Waals surface area (Å²) in [6.45, 7) is 1.79. The SMILES string of the molecule is CC(OC(=O)C1CCCCC1)c1ccc([N+](=O)[O-])cc1. The van der Waals surface area contributed by atoms with Gasteiger partial charge in [-0.15, -0.1) is 0 Å². The minimum Gasteiger partial charge on any atom is -0.458 e. The Kier molecular flexibility index (Phi) is 4.71. The fourth-order valence-electron chi connectivity index (χ4n) is 2.54. The Labute approximate surface area is 118 Å². The summed E-state index contributed by atoms with van der Waals surface area (Å²) in [7, 11) is 0. The fourth-order valence-corrected chi connectivity index (χ4v) is 2.54. The van der Waals surface area contributed by atoms with Gasteiger partial charge in [-0.25, -0.2) is 0 Å². The van der Waals surface area contributed by atoms with Gasteiger partial charge in [0.15, 0.2) is 0 Å². The van der Waals surface area contributed by atoms with Crippen molar-refractivity contribution < 1.29 is 14.5 Å². The molecule has 0 bridgehead atoms. The van der Waals surface area contributed by atoms with Crippen LogP contribution in [-0.4, -0.2) is 10.9 Å². The number of ether oxygens (including phenoxy) is 1. The first kappa shape index (κ1) is 14.5. The molecule has 1 aliphatic carbocycles. The number of carbonyl (C=O) groups excluding carboxylic acids is 1. The van der Waals surface area contributed by atoms with Crippen molar-refractivity contribution in [2.75, 3.05) is 0 Å². The topological polar surface area (TPSA) is 69.4 Å². The monoisotopic (exact) mass is 277 g/mol. The number of hydrogen-bond acceptors (Lipinski definition) is 4. The van der Waals surface area contributed by atoms with E-state index in [9.17, 15) is 14.9 Å². The third-order valence-electron chi connectivity index (χ3n) is 3.80. The molecule has 0 heterocycles. The van der Waals surface area contributed by atoms with E-state index in [2.05, 4.69) is 0 Å². The first-order valence-electron chi connectivity index (χ1n) is 7.03. The highest BCUT2D eigenvalue weighted by Gasteiger charge is 2.24. The van der Waals surface area contributed by atoms with Crippen LogP contribution in [0.2, 0.25) is 0 Å². The molecule has 1 atom stereocenters. The van der Waals surface area contributed by atoms with E-state index in [1.165, 1.54) is 18.6 Å². The third-order valence-corrected chi connectivity index (χ3v) is 3.80. The van der Waals surface area contributed by atoms with E-state index in [-0.39, 0.29) is 23.7 Å². The lowest BCUT2D eigenvalue weighted by molar-refractivity contribution is -0.384. The first-order chi connectivity index (χ1) is 9.58. The Morgan fingerprint density at radius 2 is 1.85 bits per heavy atom. The van der Waals surface area contributed by atoms with Gasteiger partial charge in [0, 0.05) is 12.1 Å². The number of nitrogens with zero attached hydrogens (tertiary/aromatic N) is 1. The molecular weight excluding hydrogens is 258 g/mol. The summed E-state index contributed by atoms with van der Waals surface area (Å²) in [6.07, 6.45) is 4.82. The summed E-state index contributed by atoms with van der Waals surface area (Å²) in [6, 6.07) is 6.13. The number of nitro groups is 1. The Morgan fingerprint density at radius 3 is 2.40 bits per heavy atom. The van der Waals surface area contributed by atoms with Gasteiger partial charge in [0.25, 0.3) is 5.69 Å². The molecule has 0 radical (unpaired) electrons. The van der Waals surface area contributed by atoms with E-state index in [4.69, 9.17) is 4.74 Å². The second kappa shape index (κ2) is 6.50. The van der Waals surface area contributed by atoms with Crippen LogP contribution in [-0.2, 0) is 9.53 Å². The zero-order valence-electron chi connectivity index (χ0n) is 11.6. The van der Waals surface area contributed by atoms with Crippen LogP contribution < -0.4 is 0 Å². The van der Waals surface area contributed by atoms with Gasteiger partial charge in [-0.05, 0) is 37.5 Å². The van der Waals surface area contributed by atoms with Gasteiger partial charge in [0.1, 0.15) is 6.10 Å². The van der Waals surface area contributed by atoms with Crippen LogP contribution in [0.5, 0.6) is 0 Å². The van der Waals surface area contributed by atoms with Gasteiger partial charge in [-0.2, -0.15) is 0 Å². The molecule has 0 aliphatic heterocycles. The van der Waals surface area contributed by atoms with Gasteiger partial charge in [0.2, 0.25) is 0 Å². The number of esters is 1. The van der Waals surface area contributed by atoms with E-state index in [0.717, 1.165) is 31.2 Å². The zero-order valence-corrected chi connectivity index (χ0v) is 11.6. The Morgan fingerprint density at radius 1 is 1.25 bits per heavy atom. The molecule has 1 aromatic carbocycles. The van der Waals surface area contributed by atoms with Gasteiger partial charge < -0.3 is 4.74 Å². The van der Waals surface area contributed by atoms with E-state index in [0.29, 0.717) is 0 Å². The number of non-ortho nitro benzene ring substituents is 1. The van der Waals surface area contributed by atoms with Crippen LogP contribution in [0.1, 0.15) is 50.7 Å². The molecule has 0 saturated heterocycles. The molecule has 0 aromatic heterocycles. The third kappa shape index (κ3) is 3.56. The lowest BCUT2D eigenvalue weighted by Gasteiger charge is -2.22. The highest BCUT2D eigenvalue weighted by molar-refractivity contribution is 5.72. The molecule has 0 amide bonds. The maximum atomic E-state index is 12.0. The number of carbonyl (C=O) groups is 1. The minimum atomic E-state index is -0.442. The molecule has 1 unspecified atom stereocenters. The Balaban J connectivity index is 1.94. The largest absolute Gasteiger partial charge is 0.458 e. The summed E-state index contributed by atoms with van der Waals surface area (Å²) in [4.78, 5) is 22.2. The predicted molar refractivity (Wildman–Crippen MR) is 74.2 cm³/mol. The maximum absolute atomic E-state index is 12.0. The molecule has 108 valence electrons. The van der Waals surface area contributed by atoms with Crippen molar-refractivity contribution in [1.82, 2.24) is 0 Å². The average Bonchev–Trinajstić information content (AvgIpc) is 2.48. The molecule has 20 heavy (non-hydrogen) atoms. The van der Waals surface area contributed by atoms with E-state index in [1.54, 1.807) is 19.1 Å². The molecule has 1 aliphatic rings. The van der Waals surface area contributed by atoms with Gasteiger partial charge in [0.05, 0.1) is 10.8 Å². The molecule has 5 heteroatoms. The zero-order chi connectivity index (χ0) is 14.5. The Bertz CT molecular complexity index is 477. The summed E-state index contributed by atoms with van der Waals surface area (Å²) in [5.41, 5.74) is 0.819. The molecule has 0 spiro atoms. The van der Waals surface area contributed by atoms with Gasteiger partial charge >= 0.3 is 5.97 Å². The van der Waals surface area contributed by atoms with Gasteiger partial charge in [-0.1, -0.05) is 19.3 Å². The highest BCUT2D eigenvalue weighted by Crippen LogP contribution is 2.27. The highest BCUT2D eigenvalue weighted by atomic mass is 16.6. The molecule has 0 N–H and O–H groups in total. The van der Waals surface area contributed by atoms with E-state index in [1.807, 2.05) is 0 Å². The smallest absolute Gasteiger partial charge is 0.309 e. The van der Waals surface area contributed by atoms with Crippen LogP contribution >= 0.6 is 0 Å². The lowest BCUT2D eigenvalue weighted by atomic mass is 9.89. The standard InChI is InChI=1S/C15H19NO4/c1-11(12-7-9-14(10-8-12)16(18)19)20-15(17)13-5-3-2-4-6-13/h7-11,13H,2-6H2,1H3. The molecular formula is C15H19NO4. The fraction of sp³-hybridized carbons (Fsp3) is 0.533. The number of rotatable bonds is 4. The van der Waals surface area contributed by atoms with Gasteiger partial charge in [-0.3, -0.25) is 14.9 Å². The number of benzene rings is 1. The molecule has 1 saturated carbocycles. The van der Waals surface area contributed by atoms with Crippen LogP contribution in [0, 0.1) is 16.0 Å². The summed E-state index contributed by atoms with van der Waals surface area (Å²) < 4.78 is 5.47. The first-order valence-corrected chi connectivity index (χ1v) is 7.03. The van der Waals surface area contributed by atoms with E-state index >= 15 is 0 Å². The summed E-state index contributed by atoms with van der Waals surface area (Å²) in [5, 5.41) is 10.6. The predicted octanol–water partition coefficient (Wildman–Crippen LogP) is 3.78. The van der Waals surface area contributed by atoms with Crippen molar-refractivity contribution in [2.45, 2.75) is 45.1 Å². The van der Waals surface area contributed by atoms with Crippen LogP contribution in [0.3, 0.4) is 0 Å². The van der Waals surface area contributed by atoms with Crippen molar-refractivity contribution in [3.8, 4) is 0 Å². The van der Waals surface area contributed by atoms with Crippen molar-refractivity contribution in [1.29, 1.82) is 0 Å². The van der Waals surface area contributed by atoms with Crippen molar-refractivity contribution in [3.63, 3.8) is 0 Å². The van der Waals surface area contributed by atoms with Crippen molar-refractivity contribution in [2.24, 2.45) is 5.92 Å². The quantitative estimate of drug-likeness (QED) is 0.477. The number of nitro benzene ring substituents is 1. The van der Waals surface area contributed by atoms with Crippen molar-refractivity contribution in [3.05, 3.63) is 39.9 Å². The summed E-state index contributed by atoms with van der Waals surface area (Å²) >= 11 is 0. The van der Waals surface area contributed by atoms with Crippen molar-refractivity contribution >= 4 is 11.7 Å². The molecule has 1 fully saturated rings. The lowest BCUT2D eigenvalue weighted by Crippen LogP contribution is -2.21. The van der Waals surface area contributed by atoms with Crippen LogP contribution in [0.4, 0.5) is 5.69 Å². The molecule has 5 nitrogen and oxygen atoms in total. The Hall–Kier alpha value is -1.91. The number of hydrogen-bond donors (Lipinski definition) is 0. The molecule has 1 aromatic rings. The summed E-state index contributed by atoms with van der Waals surface area (Å²) in [5.74, 6) is -0.125. The average molecular weight is 277 g/mol. The molecule has 2 rings (SSSR count). The maximum Gasteiger partial charge on any atom is 0.309 e. The van der Waals surface area contributed by atoms with Crippen LogP contribution in [0.25, 0.3) is 0 Å². The van der Waals surface area contributed by atoms with E-state index < -0.39 is 4.92 Å². The second-order valence-electron chi connectivity index (χ2n) is 5.26. The second-order valence-corrected chi connectivity index (χ2v) is 5.26.